The van der Waals surface area contributed by atoms with Crippen LogP contribution in [0.5, 0.6) is 0 Å². The number of ether oxygens (including phenoxy) is 1. The lowest BCUT2D eigenvalue weighted by atomic mass is 9.95. The molecule has 1 unspecified atom stereocenters. The molecule has 3 rings (SSSR count). The Morgan fingerprint density at radius 2 is 1.81 bits per heavy atom. The van der Waals surface area contributed by atoms with Crippen molar-refractivity contribution in [3.8, 4) is 0 Å². The van der Waals surface area contributed by atoms with Gasteiger partial charge in [0.2, 0.25) is 0 Å². The second-order valence-electron chi connectivity index (χ2n) is 4.49. The standard InChI is InChI=1S/C14H17NO/c1-2-6-12(7-3-1)13-8-11-16-14(13)15-9-4-5-10-15/h1-7,13-14H,8-11H2/t13-,14?/m0/s1. The van der Waals surface area contributed by atoms with Crippen LogP contribution < -0.4 is 0 Å². The summed E-state index contributed by atoms with van der Waals surface area (Å²) in [6, 6.07) is 10.7. The van der Waals surface area contributed by atoms with Gasteiger partial charge in [-0.15, -0.1) is 0 Å². The van der Waals surface area contributed by atoms with E-state index >= 15 is 0 Å². The van der Waals surface area contributed by atoms with E-state index < -0.39 is 0 Å². The summed E-state index contributed by atoms with van der Waals surface area (Å²) in [6.45, 7) is 2.96. The molecule has 84 valence electrons. The van der Waals surface area contributed by atoms with Crippen molar-refractivity contribution in [3.63, 3.8) is 0 Å². The third-order valence-electron chi connectivity index (χ3n) is 3.50. The van der Waals surface area contributed by atoms with E-state index in [0.29, 0.717) is 5.92 Å². The second-order valence-corrected chi connectivity index (χ2v) is 4.49. The molecule has 1 aromatic rings. The molecular weight excluding hydrogens is 198 g/mol. The molecule has 0 aliphatic carbocycles. The van der Waals surface area contributed by atoms with Gasteiger partial charge in [-0.05, 0) is 12.0 Å². The average Bonchev–Trinajstić information content (AvgIpc) is 3.01. The molecule has 2 nitrogen and oxygen atoms in total. The molecule has 1 fully saturated rings. The Morgan fingerprint density at radius 3 is 2.56 bits per heavy atom. The molecule has 1 aromatic carbocycles. The maximum atomic E-state index is 5.89. The molecule has 0 bridgehead atoms. The molecule has 0 N–H and O–H groups in total. The van der Waals surface area contributed by atoms with Crippen LogP contribution >= 0.6 is 0 Å². The number of hydrogen-bond donors (Lipinski definition) is 0. The van der Waals surface area contributed by atoms with E-state index in [0.717, 1.165) is 26.1 Å². The first-order valence-electron chi connectivity index (χ1n) is 6.01. The van der Waals surface area contributed by atoms with Crippen molar-refractivity contribution in [1.82, 2.24) is 4.90 Å². The summed E-state index contributed by atoms with van der Waals surface area (Å²) in [5, 5.41) is 0. The molecule has 1 saturated heterocycles. The third kappa shape index (κ3) is 1.79. The van der Waals surface area contributed by atoms with Crippen molar-refractivity contribution in [2.24, 2.45) is 0 Å². The van der Waals surface area contributed by atoms with Crippen LogP contribution in [0.3, 0.4) is 0 Å². The molecule has 0 radical (unpaired) electrons. The number of hydrogen-bond acceptors (Lipinski definition) is 2. The van der Waals surface area contributed by atoms with Crippen LogP contribution in [0.2, 0.25) is 0 Å². The highest BCUT2D eigenvalue weighted by Gasteiger charge is 2.34. The van der Waals surface area contributed by atoms with Gasteiger partial charge in [0.05, 0.1) is 0 Å². The normalized spacial score (nSPS) is 30.0. The Labute approximate surface area is 96.5 Å². The van der Waals surface area contributed by atoms with Gasteiger partial charge in [0.1, 0.15) is 6.23 Å². The van der Waals surface area contributed by atoms with Gasteiger partial charge in [0, 0.05) is 25.6 Å². The van der Waals surface area contributed by atoms with Crippen molar-refractivity contribution in [2.45, 2.75) is 18.6 Å². The topological polar surface area (TPSA) is 12.5 Å². The summed E-state index contributed by atoms with van der Waals surface area (Å²) in [7, 11) is 0. The van der Waals surface area contributed by atoms with Crippen molar-refractivity contribution in [2.75, 3.05) is 19.7 Å². The van der Waals surface area contributed by atoms with E-state index in [4.69, 9.17) is 4.74 Å². The highest BCUT2D eigenvalue weighted by molar-refractivity contribution is 5.22. The molecule has 2 heteroatoms. The predicted octanol–water partition coefficient (Wildman–Crippen LogP) is 2.39. The fourth-order valence-corrected chi connectivity index (χ4v) is 2.67. The van der Waals surface area contributed by atoms with Crippen molar-refractivity contribution in [1.29, 1.82) is 0 Å². The first kappa shape index (κ1) is 10.1. The van der Waals surface area contributed by atoms with E-state index in [1.54, 1.807) is 0 Å². The zero-order valence-corrected chi connectivity index (χ0v) is 9.38. The zero-order valence-electron chi connectivity index (χ0n) is 9.38. The molecule has 2 heterocycles. The molecule has 0 amide bonds. The molecule has 0 saturated carbocycles. The van der Waals surface area contributed by atoms with Gasteiger partial charge in [-0.25, -0.2) is 0 Å². The van der Waals surface area contributed by atoms with Gasteiger partial charge in [0.25, 0.3) is 0 Å². The molecule has 2 atom stereocenters. The minimum atomic E-state index is 0.275. The average molecular weight is 215 g/mol. The molecule has 0 spiro atoms. The Balaban J connectivity index is 1.79. The fraction of sp³-hybridized carbons (Fsp3) is 0.429. The van der Waals surface area contributed by atoms with Crippen molar-refractivity contribution < 1.29 is 4.74 Å². The van der Waals surface area contributed by atoms with Crippen molar-refractivity contribution >= 4 is 0 Å². The van der Waals surface area contributed by atoms with Crippen LogP contribution in [0.25, 0.3) is 0 Å². The number of benzene rings is 1. The quantitative estimate of drug-likeness (QED) is 0.702. The molecule has 2 aliphatic rings. The summed E-state index contributed by atoms with van der Waals surface area (Å²) < 4.78 is 5.89. The monoisotopic (exact) mass is 215 g/mol. The van der Waals surface area contributed by atoms with Crippen LogP contribution in [0.4, 0.5) is 0 Å². The van der Waals surface area contributed by atoms with Crippen LogP contribution in [-0.2, 0) is 4.74 Å². The van der Waals surface area contributed by atoms with E-state index in [9.17, 15) is 0 Å². The van der Waals surface area contributed by atoms with E-state index in [1.165, 1.54) is 5.56 Å². The van der Waals surface area contributed by atoms with E-state index in [2.05, 4.69) is 47.4 Å². The lowest BCUT2D eigenvalue weighted by Crippen LogP contribution is -2.36. The maximum absolute atomic E-state index is 5.89. The summed E-state index contributed by atoms with van der Waals surface area (Å²) in [5.74, 6) is 0.543. The highest BCUT2D eigenvalue weighted by Crippen LogP contribution is 2.33. The Bertz CT molecular complexity index is 366. The van der Waals surface area contributed by atoms with Gasteiger partial charge < -0.3 is 4.74 Å². The first-order chi connectivity index (χ1) is 7.95. The highest BCUT2D eigenvalue weighted by atomic mass is 16.5. The summed E-state index contributed by atoms with van der Waals surface area (Å²) in [6.07, 6.45) is 5.87. The molecular formula is C14H17NO. The lowest BCUT2D eigenvalue weighted by Gasteiger charge is -2.28. The van der Waals surface area contributed by atoms with Crippen LogP contribution in [0, 0.1) is 0 Å². The fourth-order valence-electron chi connectivity index (χ4n) is 2.67. The first-order valence-corrected chi connectivity index (χ1v) is 6.01. The minimum absolute atomic E-state index is 0.275. The van der Waals surface area contributed by atoms with E-state index in [-0.39, 0.29) is 6.23 Å². The minimum Gasteiger partial charge on any atom is -0.362 e. The largest absolute Gasteiger partial charge is 0.362 e. The lowest BCUT2D eigenvalue weighted by molar-refractivity contribution is -0.0115. The second kappa shape index (κ2) is 4.40. The summed E-state index contributed by atoms with van der Waals surface area (Å²) >= 11 is 0. The van der Waals surface area contributed by atoms with Gasteiger partial charge in [-0.2, -0.15) is 0 Å². The Kier molecular flexibility index (Phi) is 2.77. The molecule has 0 aromatic heterocycles. The van der Waals surface area contributed by atoms with Gasteiger partial charge >= 0.3 is 0 Å². The molecule has 2 aliphatic heterocycles. The van der Waals surface area contributed by atoms with Gasteiger partial charge in [0.15, 0.2) is 0 Å². The zero-order chi connectivity index (χ0) is 10.8. The van der Waals surface area contributed by atoms with Crippen LogP contribution in [-0.4, -0.2) is 30.8 Å². The van der Waals surface area contributed by atoms with Crippen molar-refractivity contribution in [3.05, 3.63) is 48.0 Å². The Hall–Kier alpha value is -1.12. The Morgan fingerprint density at radius 1 is 1.06 bits per heavy atom. The van der Waals surface area contributed by atoms with Gasteiger partial charge in [-0.3, -0.25) is 4.90 Å². The number of nitrogens with zero attached hydrogens (tertiary/aromatic N) is 1. The summed E-state index contributed by atoms with van der Waals surface area (Å²) in [4.78, 5) is 2.41. The summed E-state index contributed by atoms with van der Waals surface area (Å²) in [5.41, 5.74) is 1.41. The SMILES string of the molecule is C1=CCN(C2OCC[C@H]2c2ccccc2)C1. The van der Waals surface area contributed by atoms with Crippen LogP contribution in [0.1, 0.15) is 17.9 Å². The van der Waals surface area contributed by atoms with Gasteiger partial charge in [-0.1, -0.05) is 42.5 Å². The maximum Gasteiger partial charge on any atom is 0.118 e. The van der Waals surface area contributed by atoms with E-state index in [1.807, 2.05) is 0 Å². The molecule has 16 heavy (non-hydrogen) atoms. The smallest absolute Gasteiger partial charge is 0.118 e. The van der Waals surface area contributed by atoms with Crippen LogP contribution in [0.15, 0.2) is 42.5 Å². The number of rotatable bonds is 2. The predicted molar refractivity (Wildman–Crippen MR) is 64.3 cm³/mol. The third-order valence-corrected chi connectivity index (χ3v) is 3.50.